The molecule has 0 spiro atoms. The van der Waals surface area contributed by atoms with Crippen molar-refractivity contribution in [2.75, 3.05) is 0 Å². The highest BCUT2D eigenvalue weighted by molar-refractivity contribution is 5.67. The maximum atomic E-state index is 13.3. The highest BCUT2D eigenvalue weighted by Gasteiger charge is 2.19. The number of nitrogens with zero attached hydrogens (tertiary/aromatic N) is 2. The van der Waals surface area contributed by atoms with E-state index in [1.165, 1.54) is 11.1 Å². The number of aryl methyl sites for hydroxylation is 2. The molecule has 1 aliphatic rings. The lowest BCUT2D eigenvalue weighted by Gasteiger charge is -2.05. The zero-order valence-corrected chi connectivity index (χ0v) is 14.4. The molecule has 0 amide bonds. The highest BCUT2D eigenvalue weighted by atomic mass is 16.1. The van der Waals surface area contributed by atoms with E-state index in [-0.39, 0.29) is 5.69 Å². The van der Waals surface area contributed by atoms with Crippen LogP contribution in [0, 0.1) is 13.8 Å². The summed E-state index contributed by atoms with van der Waals surface area (Å²) in [5.41, 5.74) is 5.92. The third-order valence-corrected chi connectivity index (χ3v) is 4.53. The number of allylic oxidation sites excluding steroid dienone is 2. The second kappa shape index (κ2) is 6.10. The van der Waals surface area contributed by atoms with Crippen LogP contribution in [0.1, 0.15) is 28.9 Å². The zero-order chi connectivity index (χ0) is 17.4. The molecule has 3 aromatic rings. The molecular weight excluding hydrogens is 308 g/mol. The Kier molecular flexibility index (Phi) is 3.77. The van der Waals surface area contributed by atoms with E-state index in [9.17, 15) is 4.79 Å². The first-order valence-corrected chi connectivity index (χ1v) is 8.50. The van der Waals surface area contributed by atoms with Gasteiger partial charge in [0, 0.05) is 0 Å². The minimum atomic E-state index is -0.0473. The van der Waals surface area contributed by atoms with E-state index in [4.69, 9.17) is 0 Å². The number of fused-ring (bicyclic) bond motifs is 1. The van der Waals surface area contributed by atoms with E-state index in [2.05, 4.69) is 12.2 Å². The highest BCUT2D eigenvalue weighted by Crippen LogP contribution is 2.23. The first-order chi connectivity index (χ1) is 12.1. The lowest BCUT2D eigenvalue weighted by molar-refractivity contribution is 0.901. The summed E-state index contributed by atoms with van der Waals surface area (Å²) in [5, 5.41) is 0. The van der Waals surface area contributed by atoms with Crippen molar-refractivity contribution in [2.45, 2.75) is 20.3 Å². The van der Waals surface area contributed by atoms with E-state index in [0.717, 1.165) is 29.2 Å². The molecule has 0 saturated carbocycles. The summed E-state index contributed by atoms with van der Waals surface area (Å²) in [6.45, 7) is 4.10. The van der Waals surface area contributed by atoms with Crippen molar-refractivity contribution in [3.05, 3.63) is 93.7 Å². The molecule has 25 heavy (non-hydrogen) atoms. The van der Waals surface area contributed by atoms with Crippen molar-refractivity contribution in [1.29, 1.82) is 0 Å². The summed E-state index contributed by atoms with van der Waals surface area (Å²) >= 11 is 0. The Morgan fingerprint density at radius 2 is 1.08 bits per heavy atom. The second-order valence-electron chi connectivity index (χ2n) is 6.44. The molecule has 1 aromatic heterocycles. The van der Waals surface area contributed by atoms with E-state index < -0.39 is 0 Å². The van der Waals surface area contributed by atoms with Crippen LogP contribution in [-0.2, 0) is 0 Å². The van der Waals surface area contributed by atoms with Gasteiger partial charge in [-0.05, 0) is 56.7 Å². The van der Waals surface area contributed by atoms with Crippen molar-refractivity contribution in [3.8, 4) is 11.4 Å². The maximum Gasteiger partial charge on any atom is 0.338 e. The Morgan fingerprint density at radius 1 is 0.680 bits per heavy atom. The number of hydrogen-bond donors (Lipinski definition) is 0. The molecule has 0 atom stereocenters. The summed E-state index contributed by atoms with van der Waals surface area (Å²) in [6, 6.07) is 16.1. The smallest absolute Gasteiger partial charge is 0.260 e. The first-order valence-electron chi connectivity index (χ1n) is 8.50. The summed E-state index contributed by atoms with van der Waals surface area (Å²) in [7, 11) is 0. The minimum absolute atomic E-state index is 0.0473. The quantitative estimate of drug-likeness (QED) is 0.671. The van der Waals surface area contributed by atoms with Crippen LogP contribution in [-0.4, -0.2) is 9.13 Å². The Hall–Kier alpha value is -3.07. The monoisotopic (exact) mass is 328 g/mol. The van der Waals surface area contributed by atoms with Gasteiger partial charge in [0.05, 0.1) is 22.8 Å². The first kappa shape index (κ1) is 15.5. The van der Waals surface area contributed by atoms with Gasteiger partial charge in [-0.3, -0.25) is 9.13 Å². The molecular formula is C22H20N2O. The summed E-state index contributed by atoms with van der Waals surface area (Å²) in [6.07, 6.45) is 9.13. The standard InChI is InChI=1S/C22H20N2O/c1-16-8-12-18(13-9-16)23-20-6-4-3-5-7-21(20)24(22(23)25)19-14-10-17(2)11-15-19/h4-15H,3H2,1-2H3. The molecule has 1 aliphatic carbocycles. The molecule has 3 nitrogen and oxygen atoms in total. The predicted octanol–water partition coefficient (Wildman–Crippen LogP) is 4.68. The topological polar surface area (TPSA) is 26.9 Å². The number of hydrogen-bond acceptors (Lipinski definition) is 1. The van der Waals surface area contributed by atoms with Gasteiger partial charge in [-0.1, -0.05) is 47.5 Å². The fourth-order valence-corrected chi connectivity index (χ4v) is 3.18. The third kappa shape index (κ3) is 2.68. The molecule has 0 fully saturated rings. The van der Waals surface area contributed by atoms with Gasteiger partial charge in [0.15, 0.2) is 0 Å². The average Bonchev–Trinajstić information content (AvgIpc) is 2.76. The van der Waals surface area contributed by atoms with Crippen LogP contribution in [0.2, 0.25) is 0 Å². The molecule has 0 radical (unpaired) electrons. The van der Waals surface area contributed by atoms with Gasteiger partial charge in [-0.25, -0.2) is 4.79 Å². The summed E-state index contributed by atoms with van der Waals surface area (Å²) < 4.78 is 3.58. The molecule has 124 valence electrons. The molecule has 2 aromatic carbocycles. The molecule has 3 heteroatoms. The minimum Gasteiger partial charge on any atom is -0.260 e. The lowest BCUT2D eigenvalue weighted by Crippen LogP contribution is -2.23. The van der Waals surface area contributed by atoms with Crippen LogP contribution in [0.25, 0.3) is 23.5 Å². The molecule has 0 unspecified atom stereocenters. The number of aromatic nitrogens is 2. The second-order valence-corrected chi connectivity index (χ2v) is 6.44. The van der Waals surface area contributed by atoms with Gasteiger partial charge in [-0.2, -0.15) is 0 Å². The Morgan fingerprint density at radius 3 is 1.48 bits per heavy atom. The van der Waals surface area contributed by atoms with E-state index >= 15 is 0 Å². The summed E-state index contributed by atoms with van der Waals surface area (Å²) in [4.78, 5) is 13.3. The van der Waals surface area contributed by atoms with Gasteiger partial charge in [0.1, 0.15) is 0 Å². The summed E-state index contributed by atoms with van der Waals surface area (Å²) in [5.74, 6) is 0. The van der Waals surface area contributed by atoms with Crippen molar-refractivity contribution < 1.29 is 0 Å². The fraction of sp³-hybridized carbons (Fsp3) is 0.136. The molecule has 0 N–H and O–H groups in total. The maximum absolute atomic E-state index is 13.3. The molecule has 0 bridgehead atoms. The van der Waals surface area contributed by atoms with Gasteiger partial charge in [-0.15, -0.1) is 0 Å². The normalized spacial score (nSPS) is 12.9. The van der Waals surface area contributed by atoms with E-state index in [1.807, 2.05) is 74.5 Å². The van der Waals surface area contributed by atoms with Gasteiger partial charge in [0.25, 0.3) is 0 Å². The predicted molar refractivity (Wildman–Crippen MR) is 104 cm³/mol. The largest absolute Gasteiger partial charge is 0.338 e. The van der Waals surface area contributed by atoms with Crippen LogP contribution in [0.15, 0.2) is 65.5 Å². The van der Waals surface area contributed by atoms with Crippen LogP contribution in [0.3, 0.4) is 0 Å². The van der Waals surface area contributed by atoms with Crippen LogP contribution >= 0.6 is 0 Å². The van der Waals surface area contributed by atoms with Crippen LogP contribution < -0.4 is 5.69 Å². The van der Waals surface area contributed by atoms with Gasteiger partial charge in [0.2, 0.25) is 0 Å². The third-order valence-electron chi connectivity index (χ3n) is 4.53. The van der Waals surface area contributed by atoms with Gasteiger partial charge >= 0.3 is 5.69 Å². The van der Waals surface area contributed by atoms with Crippen molar-refractivity contribution in [2.24, 2.45) is 0 Å². The lowest BCUT2D eigenvalue weighted by atomic mass is 10.2. The molecule has 0 saturated heterocycles. The molecule has 1 heterocycles. The average molecular weight is 328 g/mol. The molecule has 0 aliphatic heterocycles. The van der Waals surface area contributed by atoms with Crippen LogP contribution in [0.4, 0.5) is 0 Å². The SMILES string of the molecule is Cc1ccc(-n2c3c(n(-c4ccc(C)cc4)c2=O)C=CCC=C3)cc1. The van der Waals surface area contributed by atoms with E-state index in [0.29, 0.717) is 0 Å². The Labute approximate surface area is 147 Å². The number of rotatable bonds is 2. The van der Waals surface area contributed by atoms with E-state index in [1.54, 1.807) is 9.13 Å². The zero-order valence-electron chi connectivity index (χ0n) is 14.4. The molecule has 4 rings (SSSR count). The number of imidazole rings is 1. The van der Waals surface area contributed by atoms with Crippen molar-refractivity contribution >= 4 is 12.2 Å². The van der Waals surface area contributed by atoms with Crippen molar-refractivity contribution in [3.63, 3.8) is 0 Å². The number of benzene rings is 2. The fourth-order valence-electron chi connectivity index (χ4n) is 3.18. The van der Waals surface area contributed by atoms with Gasteiger partial charge < -0.3 is 0 Å². The van der Waals surface area contributed by atoms with Crippen molar-refractivity contribution in [1.82, 2.24) is 9.13 Å². The van der Waals surface area contributed by atoms with Crippen LogP contribution in [0.5, 0.6) is 0 Å². The Balaban J connectivity index is 2.03. The Bertz CT molecular complexity index is 947.